The van der Waals surface area contributed by atoms with Crippen molar-refractivity contribution in [1.82, 2.24) is 14.5 Å². The van der Waals surface area contributed by atoms with Gasteiger partial charge in [0.15, 0.2) is 0 Å². The van der Waals surface area contributed by atoms with Crippen LogP contribution in [0.5, 0.6) is 0 Å². The Morgan fingerprint density at radius 3 is 2.68 bits per heavy atom. The van der Waals surface area contributed by atoms with Gasteiger partial charge in [-0.1, -0.05) is 61.9 Å². The Bertz CT molecular complexity index is 1480. The number of hydrogen-bond donors (Lipinski definition) is 1. The Morgan fingerprint density at radius 2 is 1.89 bits per heavy atom. The summed E-state index contributed by atoms with van der Waals surface area (Å²) in [6.45, 7) is 4.61. The van der Waals surface area contributed by atoms with Gasteiger partial charge in [-0.25, -0.2) is 14.2 Å². The van der Waals surface area contributed by atoms with E-state index in [1.54, 1.807) is 9.47 Å². The van der Waals surface area contributed by atoms with Crippen LogP contribution in [0.2, 0.25) is 0 Å². The first-order valence-electron chi connectivity index (χ1n) is 12.9. The second-order valence-electron chi connectivity index (χ2n) is 9.58. The molecule has 4 aromatic rings. The maximum Gasteiger partial charge on any atom is 0.322 e. The van der Waals surface area contributed by atoms with Gasteiger partial charge in [0, 0.05) is 18.3 Å². The summed E-state index contributed by atoms with van der Waals surface area (Å²) in [6, 6.07) is 20.7. The molecule has 0 spiro atoms. The lowest BCUT2D eigenvalue weighted by Gasteiger charge is -2.39. The molecule has 1 aliphatic rings. The number of aryl methyl sites for hydroxylation is 1. The molecule has 6 nitrogen and oxygen atoms in total. The molecule has 7 heteroatoms. The minimum Gasteiger partial charge on any atom is -0.308 e. The van der Waals surface area contributed by atoms with Crippen molar-refractivity contribution >= 4 is 22.6 Å². The van der Waals surface area contributed by atoms with Gasteiger partial charge in [-0.15, -0.1) is 0 Å². The van der Waals surface area contributed by atoms with Gasteiger partial charge in [0.05, 0.1) is 23.0 Å². The average molecular weight is 499 g/mol. The lowest BCUT2D eigenvalue weighted by atomic mass is 9.99. The van der Waals surface area contributed by atoms with Crippen LogP contribution in [-0.2, 0) is 13.0 Å². The molecule has 37 heavy (non-hydrogen) atoms. The van der Waals surface area contributed by atoms with Crippen molar-refractivity contribution in [2.24, 2.45) is 0 Å². The van der Waals surface area contributed by atoms with Gasteiger partial charge in [0.1, 0.15) is 11.6 Å². The molecule has 2 unspecified atom stereocenters. The maximum atomic E-state index is 14.1. The SMILES string of the molecule is CCCc1ccccc1NC(=O)N(C(C)c1ccccc1)C1CCCn2c1nc1cc(F)ccc1c2=O. The molecule has 0 radical (unpaired) electrons. The van der Waals surface area contributed by atoms with Gasteiger partial charge < -0.3 is 10.2 Å². The third-order valence-electron chi connectivity index (χ3n) is 7.15. The Labute approximate surface area is 215 Å². The minimum atomic E-state index is -0.456. The van der Waals surface area contributed by atoms with Crippen LogP contribution < -0.4 is 10.9 Å². The number of carbonyl (C=O) groups is 1. The van der Waals surface area contributed by atoms with E-state index in [1.807, 2.05) is 61.5 Å². The summed E-state index contributed by atoms with van der Waals surface area (Å²) in [5.41, 5.74) is 2.94. The van der Waals surface area contributed by atoms with E-state index in [-0.39, 0.29) is 17.6 Å². The quantitative estimate of drug-likeness (QED) is 0.325. The van der Waals surface area contributed by atoms with Crippen LogP contribution in [0.1, 0.15) is 62.1 Å². The number of benzene rings is 3. The number of nitrogens with zero attached hydrogens (tertiary/aromatic N) is 3. The Kier molecular flexibility index (Phi) is 7.04. The highest BCUT2D eigenvalue weighted by Gasteiger charge is 2.35. The Hall–Kier alpha value is -4.00. The minimum absolute atomic E-state index is 0.203. The predicted octanol–water partition coefficient (Wildman–Crippen LogP) is 6.62. The van der Waals surface area contributed by atoms with Crippen LogP contribution in [0.4, 0.5) is 14.9 Å². The van der Waals surface area contributed by atoms with E-state index in [0.29, 0.717) is 29.7 Å². The van der Waals surface area contributed by atoms with Crippen LogP contribution >= 0.6 is 0 Å². The molecule has 190 valence electrons. The first-order valence-corrected chi connectivity index (χ1v) is 12.9. The van der Waals surface area contributed by atoms with Gasteiger partial charge in [-0.2, -0.15) is 0 Å². The number of halogens is 1. The third-order valence-corrected chi connectivity index (χ3v) is 7.15. The lowest BCUT2D eigenvalue weighted by molar-refractivity contribution is 0.140. The van der Waals surface area contributed by atoms with Crippen LogP contribution in [0.15, 0.2) is 77.6 Å². The average Bonchev–Trinajstić information content (AvgIpc) is 2.91. The highest BCUT2D eigenvalue weighted by Crippen LogP contribution is 2.36. The number of hydrogen-bond acceptors (Lipinski definition) is 3. The fourth-order valence-electron chi connectivity index (χ4n) is 5.31. The summed E-state index contributed by atoms with van der Waals surface area (Å²) < 4.78 is 15.7. The van der Waals surface area contributed by atoms with Gasteiger partial charge in [0.2, 0.25) is 0 Å². The fourth-order valence-corrected chi connectivity index (χ4v) is 5.31. The molecule has 2 heterocycles. The number of fused-ring (bicyclic) bond motifs is 2. The Balaban J connectivity index is 1.61. The first-order chi connectivity index (χ1) is 18.0. The third kappa shape index (κ3) is 4.86. The van der Waals surface area contributed by atoms with Crippen LogP contribution in [0, 0.1) is 5.82 Å². The van der Waals surface area contributed by atoms with E-state index < -0.39 is 11.9 Å². The van der Waals surface area contributed by atoms with Crippen LogP contribution in [-0.4, -0.2) is 20.5 Å². The predicted molar refractivity (Wildman–Crippen MR) is 144 cm³/mol. The molecule has 1 aliphatic heterocycles. The molecule has 5 rings (SSSR count). The zero-order valence-corrected chi connectivity index (χ0v) is 21.2. The Morgan fingerprint density at radius 1 is 1.14 bits per heavy atom. The highest BCUT2D eigenvalue weighted by molar-refractivity contribution is 5.91. The van der Waals surface area contributed by atoms with Crippen molar-refractivity contribution < 1.29 is 9.18 Å². The topological polar surface area (TPSA) is 67.2 Å². The van der Waals surface area contributed by atoms with E-state index in [0.717, 1.165) is 36.1 Å². The largest absolute Gasteiger partial charge is 0.322 e. The summed E-state index contributed by atoms with van der Waals surface area (Å²) in [7, 11) is 0. The van der Waals surface area contributed by atoms with Gasteiger partial charge >= 0.3 is 6.03 Å². The normalized spacial score (nSPS) is 15.7. The smallest absolute Gasteiger partial charge is 0.308 e. The number of urea groups is 1. The highest BCUT2D eigenvalue weighted by atomic mass is 19.1. The zero-order valence-electron chi connectivity index (χ0n) is 21.2. The first kappa shape index (κ1) is 24.7. The van der Waals surface area contributed by atoms with Crippen molar-refractivity contribution in [3.8, 4) is 0 Å². The molecular formula is C30H31FN4O2. The number of rotatable bonds is 6. The summed E-state index contributed by atoms with van der Waals surface area (Å²) >= 11 is 0. The van der Waals surface area contributed by atoms with Gasteiger partial charge in [-0.05, 0) is 55.5 Å². The van der Waals surface area contributed by atoms with Gasteiger partial charge in [0.25, 0.3) is 5.56 Å². The molecule has 0 saturated heterocycles. The second kappa shape index (κ2) is 10.5. The molecule has 0 fully saturated rings. The molecule has 1 aromatic heterocycles. The molecule has 1 N–H and O–H groups in total. The summed E-state index contributed by atoms with van der Waals surface area (Å²) in [5, 5.41) is 3.53. The van der Waals surface area contributed by atoms with E-state index in [4.69, 9.17) is 4.98 Å². The molecular weight excluding hydrogens is 467 g/mol. The maximum absolute atomic E-state index is 14.1. The molecule has 2 atom stereocenters. The standard InChI is InChI=1S/C30H31FN4O2/c1-3-10-22-13-7-8-14-25(22)33-30(37)35(20(2)21-11-5-4-6-12-21)27-15-9-18-34-28(27)32-26-19-23(31)16-17-24(26)29(34)36/h4-8,11-14,16-17,19-20,27H,3,9-10,15,18H2,1-2H3,(H,33,37). The van der Waals surface area contributed by atoms with E-state index in [1.165, 1.54) is 18.2 Å². The molecule has 3 aromatic carbocycles. The van der Waals surface area contributed by atoms with Crippen LogP contribution in [0.3, 0.4) is 0 Å². The van der Waals surface area contributed by atoms with Crippen LogP contribution in [0.25, 0.3) is 10.9 Å². The number of nitrogens with one attached hydrogen (secondary N) is 1. The fraction of sp³-hybridized carbons (Fsp3) is 0.300. The molecule has 2 amide bonds. The van der Waals surface area contributed by atoms with Crippen molar-refractivity contribution in [2.75, 3.05) is 5.32 Å². The number of carbonyl (C=O) groups excluding carboxylic acids is 1. The lowest BCUT2D eigenvalue weighted by Crippen LogP contribution is -2.44. The number of anilines is 1. The van der Waals surface area contributed by atoms with E-state index in [2.05, 4.69) is 12.2 Å². The second-order valence-corrected chi connectivity index (χ2v) is 9.58. The van der Waals surface area contributed by atoms with Crippen molar-refractivity contribution in [2.45, 2.75) is 58.2 Å². The van der Waals surface area contributed by atoms with Crippen molar-refractivity contribution in [3.63, 3.8) is 0 Å². The number of aromatic nitrogens is 2. The van der Waals surface area contributed by atoms with Crippen molar-refractivity contribution in [1.29, 1.82) is 0 Å². The molecule has 0 bridgehead atoms. The number of amides is 2. The van der Waals surface area contributed by atoms with E-state index in [9.17, 15) is 14.0 Å². The number of para-hydroxylation sites is 1. The van der Waals surface area contributed by atoms with Crippen molar-refractivity contribution in [3.05, 3.63) is 106 Å². The summed E-state index contributed by atoms with van der Waals surface area (Å²) in [5.74, 6) is 0.0469. The molecule has 0 saturated carbocycles. The van der Waals surface area contributed by atoms with Gasteiger partial charge in [-0.3, -0.25) is 9.36 Å². The summed E-state index contributed by atoms with van der Waals surface area (Å²) in [4.78, 5) is 33.9. The monoisotopic (exact) mass is 498 g/mol. The molecule has 0 aliphatic carbocycles. The summed E-state index contributed by atoms with van der Waals surface area (Å²) in [6.07, 6.45) is 3.19. The van der Waals surface area contributed by atoms with E-state index >= 15 is 0 Å². The zero-order chi connectivity index (χ0) is 25.9.